The van der Waals surface area contributed by atoms with Crippen molar-refractivity contribution in [2.45, 2.75) is 43.9 Å². The maximum absolute atomic E-state index is 11.3. The number of carboxylic acid groups (broad SMARTS) is 1. The fraction of sp³-hybridized carbons (Fsp3) is 0.588. The molecule has 1 amide bonds. The molecule has 3 heterocycles. The number of aromatic nitrogens is 4. The van der Waals surface area contributed by atoms with Crippen molar-refractivity contribution < 1.29 is 29.6 Å². The lowest BCUT2D eigenvalue weighted by atomic mass is 10.1. The predicted octanol–water partition coefficient (Wildman–Crippen LogP) is -1.74. The van der Waals surface area contributed by atoms with E-state index in [1.54, 1.807) is 0 Å². The Morgan fingerprint density at radius 2 is 2.07 bits per heavy atom. The number of ether oxygens (including phenoxy) is 1. The predicted molar refractivity (Wildman–Crippen MR) is 109 cm³/mol. The number of carboxylic acids is 1. The number of nitrogens with two attached hydrogens (primary N) is 1. The summed E-state index contributed by atoms with van der Waals surface area (Å²) in [6.07, 6.45) is 0.998. The second-order valence-corrected chi connectivity index (χ2v) is 9.47. The number of anilines is 1. The van der Waals surface area contributed by atoms with Gasteiger partial charge in [-0.3, -0.25) is 9.36 Å². The smallest absolute Gasteiger partial charge is 0.326 e. The molecule has 1 saturated heterocycles. The first-order chi connectivity index (χ1) is 14.2. The topological polar surface area (TPSA) is 186 Å². The summed E-state index contributed by atoms with van der Waals surface area (Å²) in [4.78, 5) is 34.6. The van der Waals surface area contributed by atoms with Crippen molar-refractivity contribution >= 4 is 39.8 Å². The Balaban J connectivity index is 1.64. The molecular formula is C17H25N6O6S+. The number of hydrogen-bond acceptors (Lipinski definition) is 9. The molecule has 0 aromatic carbocycles. The summed E-state index contributed by atoms with van der Waals surface area (Å²) < 4.78 is 7.42. The SMILES string of the molecule is CC(=O)N[C@@H](CC[S+](C)C[C@H]1O[C@@H](n2cnc3c(N)ncnc32)[C@H](O)[C@@H]1O)C(=O)O. The molecule has 1 fully saturated rings. The van der Waals surface area contributed by atoms with Crippen LogP contribution in [-0.2, 0) is 25.2 Å². The van der Waals surface area contributed by atoms with Crippen LogP contribution in [0, 0.1) is 0 Å². The van der Waals surface area contributed by atoms with Crippen LogP contribution in [0.4, 0.5) is 5.82 Å². The summed E-state index contributed by atoms with van der Waals surface area (Å²) in [5.74, 6) is -0.364. The highest BCUT2D eigenvalue weighted by atomic mass is 32.2. The van der Waals surface area contributed by atoms with Crippen molar-refractivity contribution in [1.82, 2.24) is 24.8 Å². The molecular weight excluding hydrogens is 416 g/mol. The van der Waals surface area contributed by atoms with Crippen LogP contribution >= 0.6 is 0 Å². The quantitative estimate of drug-likeness (QED) is 0.294. The monoisotopic (exact) mass is 441 g/mol. The van der Waals surface area contributed by atoms with E-state index >= 15 is 0 Å². The molecule has 2 aromatic rings. The molecule has 1 unspecified atom stereocenters. The van der Waals surface area contributed by atoms with Gasteiger partial charge in [0.05, 0.1) is 12.6 Å². The molecule has 30 heavy (non-hydrogen) atoms. The highest BCUT2D eigenvalue weighted by molar-refractivity contribution is 7.96. The highest BCUT2D eigenvalue weighted by Crippen LogP contribution is 2.32. The maximum atomic E-state index is 11.3. The zero-order valence-electron chi connectivity index (χ0n) is 16.5. The molecule has 2 aromatic heterocycles. The highest BCUT2D eigenvalue weighted by Gasteiger charge is 2.46. The lowest BCUT2D eigenvalue weighted by Crippen LogP contribution is -2.41. The average molecular weight is 441 g/mol. The molecule has 6 atom stereocenters. The number of hydrogen-bond donors (Lipinski definition) is 5. The molecule has 13 heteroatoms. The number of rotatable bonds is 8. The number of fused-ring (bicyclic) bond motifs is 1. The van der Waals surface area contributed by atoms with E-state index in [1.165, 1.54) is 24.1 Å². The summed E-state index contributed by atoms with van der Waals surface area (Å²) in [5, 5.41) is 32.6. The Hall–Kier alpha value is -2.48. The number of aliphatic hydroxyl groups excluding tert-OH is 2. The van der Waals surface area contributed by atoms with Crippen molar-refractivity contribution in [2.75, 3.05) is 23.5 Å². The van der Waals surface area contributed by atoms with Crippen molar-refractivity contribution in [2.24, 2.45) is 0 Å². The summed E-state index contributed by atoms with van der Waals surface area (Å²) in [7, 11) is -0.321. The van der Waals surface area contributed by atoms with E-state index in [1.807, 2.05) is 6.26 Å². The van der Waals surface area contributed by atoms with E-state index in [0.29, 0.717) is 22.7 Å². The minimum atomic E-state index is -1.20. The first-order valence-corrected chi connectivity index (χ1v) is 11.2. The van der Waals surface area contributed by atoms with Crippen molar-refractivity contribution in [3.63, 3.8) is 0 Å². The van der Waals surface area contributed by atoms with E-state index in [-0.39, 0.29) is 23.1 Å². The summed E-state index contributed by atoms with van der Waals surface area (Å²) >= 11 is 0. The standard InChI is InChI=1S/C17H24N6O6S/c1-8(24)22-9(17(27)28)3-4-30(2)5-10-12(25)13(26)16(29-10)23-7-21-11-14(18)19-6-20-15(11)23/h6-7,9-10,12-13,16,25-26H,3-5H2,1-2H3,(H3-,18,19,20,22,24,27,28)/p+1/t9-,10+,12+,13+,16+,30?/m0/s1. The van der Waals surface area contributed by atoms with Gasteiger partial charge < -0.3 is 31.1 Å². The Labute approximate surface area is 174 Å². The molecule has 6 N–H and O–H groups in total. The minimum absolute atomic E-state index is 0.200. The van der Waals surface area contributed by atoms with Crippen LogP contribution in [0.1, 0.15) is 19.6 Å². The van der Waals surface area contributed by atoms with Gasteiger partial charge in [0, 0.05) is 13.3 Å². The van der Waals surface area contributed by atoms with Gasteiger partial charge in [0.1, 0.15) is 47.7 Å². The van der Waals surface area contributed by atoms with Crippen LogP contribution in [0.3, 0.4) is 0 Å². The third-order valence-corrected chi connectivity index (χ3v) is 6.71. The third kappa shape index (κ3) is 4.64. The van der Waals surface area contributed by atoms with Gasteiger partial charge in [0.2, 0.25) is 5.91 Å². The van der Waals surface area contributed by atoms with E-state index in [0.717, 1.165) is 0 Å². The molecule has 0 bridgehead atoms. The van der Waals surface area contributed by atoms with Crippen molar-refractivity contribution in [1.29, 1.82) is 0 Å². The van der Waals surface area contributed by atoms with Crippen molar-refractivity contribution in [3.8, 4) is 0 Å². The van der Waals surface area contributed by atoms with E-state index in [2.05, 4.69) is 20.3 Å². The van der Waals surface area contributed by atoms with Gasteiger partial charge in [-0.15, -0.1) is 0 Å². The molecule has 0 spiro atoms. The zero-order valence-corrected chi connectivity index (χ0v) is 17.3. The normalized spacial score (nSPS) is 25.9. The molecule has 12 nitrogen and oxygen atoms in total. The Morgan fingerprint density at radius 3 is 2.73 bits per heavy atom. The van der Waals surface area contributed by atoms with Crippen LogP contribution in [-0.4, -0.2) is 88.8 Å². The van der Waals surface area contributed by atoms with Gasteiger partial charge in [-0.1, -0.05) is 0 Å². The van der Waals surface area contributed by atoms with Gasteiger partial charge in [-0.05, 0) is 10.9 Å². The van der Waals surface area contributed by atoms with Crippen LogP contribution in [0.15, 0.2) is 12.7 Å². The number of carbonyl (C=O) groups is 2. The number of nitrogen functional groups attached to an aromatic ring is 1. The molecule has 1 aliphatic heterocycles. The van der Waals surface area contributed by atoms with E-state index in [4.69, 9.17) is 10.5 Å². The maximum Gasteiger partial charge on any atom is 0.326 e. The first kappa shape index (κ1) is 22.2. The number of nitrogens with zero attached hydrogens (tertiary/aromatic N) is 4. The zero-order chi connectivity index (χ0) is 22.0. The van der Waals surface area contributed by atoms with Crippen LogP contribution in [0.2, 0.25) is 0 Å². The van der Waals surface area contributed by atoms with Gasteiger partial charge >= 0.3 is 5.97 Å². The number of carbonyl (C=O) groups excluding carboxylic acids is 1. The van der Waals surface area contributed by atoms with Gasteiger partial charge in [0.25, 0.3) is 0 Å². The number of aliphatic carboxylic acids is 1. The molecule has 0 aliphatic carbocycles. The van der Waals surface area contributed by atoms with Gasteiger partial charge in [0.15, 0.2) is 17.7 Å². The summed E-state index contributed by atoms with van der Waals surface area (Å²) in [6, 6.07) is -0.965. The number of amides is 1. The molecule has 3 rings (SSSR count). The first-order valence-electron chi connectivity index (χ1n) is 9.22. The number of nitrogens with one attached hydrogen (secondary N) is 1. The molecule has 0 radical (unpaired) electrons. The van der Waals surface area contributed by atoms with Gasteiger partial charge in [-0.25, -0.2) is 19.7 Å². The number of imidazole rings is 1. The second kappa shape index (κ2) is 9.12. The van der Waals surface area contributed by atoms with Crippen molar-refractivity contribution in [3.05, 3.63) is 12.7 Å². The average Bonchev–Trinajstić information content (AvgIpc) is 3.22. The summed E-state index contributed by atoms with van der Waals surface area (Å²) in [5.41, 5.74) is 6.54. The minimum Gasteiger partial charge on any atom is -0.480 e. The van der Waals surface area contributed by atoms with Crippen LogP contribution in [0.5, 0.6) is 0 Å². The lowest BCUT2D eigenvalue weighted by Gasteiger charge is -2.16. The summed E-state index contributed by atoms with van der Waals surface area (Å²) in [6.45, 7) is 1.27. The Morgan fingerprint density at radius 1 is 1.33 bits per heavy atom. The fourth-order valence-electron chi connectivity index (χ4n) is 3.34. The van der Waals surface area contributed by atoms with E-state index < -0.39 is 42.5 Å². The molecule has 0 saturated carbocycles. The van der Waals surface area contributed by atoms with Gasteiger partial charge in [-0.2, -0.15) is 0 Å². The largest absolute Gasteiger partial charge is 0.480 e. The van der Waals surface area contributed by atoms with Crippen LogP contribution < -0.4 is 11.1 Å². The Bertz CT molecular complexity index is 925. The molecule has 164 valence electrons. The number of aliphatic hydroxyl groups is 2. The molecule has 1 aliphatic rings. The van der Waals surface area contributed by atoms with E-state index in [9.17, 15) is 24.9 Å². The van der Waals surface area contributed by atoms with Crippen LogP contribution in [0.25, 0.3) is 11.2 Å². The fourth-order valence-corrected chi connectivity index (χ4v) is 4.98. The lowest BCUT2D eigenvalue weighted by molar-refractivity contribution is -0.141. The third-order valence-electron chi connectivity index (χ3n) is 4.88. The Kier molecular flexibility index (Phi) is 6.75. The second-order valence-electron chi connectivity index (χ2n) is 7.16.